The lowest BCUT2D eigenvalue weighted by Crippen LogP contribution is -2.46. The number of hydrogen-bond donors (Lipinski definition) is 1. The van der Waals surface area contributed by atoms with Gasteiger partial charge in [-0.15, -0.1) is 0 Å². The Hall–Kier alpha value is -2.10. The van der Waals surface area contributed by atoms with Crippen molar-refractivity contribution in [3.63, 3.8) is 0 Å². The Morgan fingerprint density at radius 2 is 2.00 bits per heavy atom. The predicted molar refractivity (Wildman–Crippen MR) is 121 cm³/mol. The van der Waals surface area contributed by atoms with Crippen LogP contribution in [-0.2, 0) is 11.0 Å². The van der Waals surface area contributed by atoms with Crippen LogP contribution in [0.15, 0.2) is 29.3 Å². The van der Waals surface area contributed by atoms with E-state index >= 15 is 0 Å². The van der Waals surface area contributed by atoms with Crippen molar-refractivity contribution in [1.29, 1.82) is 0 Å². The Labute approximate surface area is 199 Å². The van der Waals surface area contributed by atoms with Crippen LogP contribution < -0.4 is 5.32 Å². The third-order valence-corrected chi connectivity index (χ3v) is 7.05. The summed E-state index contributed by atoms with van der Waals surface area (Å²) in [6, 6.07) is 5.03. The van der Waals surface area contributed by atoms with Crippen molar-refractivity contribution in [2.75, 3.05) is 19.6 Å². The Morgan fingerprint density at radius 1 is 1.24 bits per heavy atom. The van der Waals surface area contributed by atoms with Crippen LogP contribution in [0.25, 0.3) is 0 Å². The first-order chi connectivity index (χ1) is 15.6. The van der Waals surface area contributed by atoms with Crippen molar-refractivity contribution in [3.8, 4) is 0 Å². The molecule has 3 heterocycles. The SMILES string of the molecule is CCN1CCC[C@H]1CNC(=O)C1C(C)=Nc2cc(C(F)(F)F)nn2C1c1ccc(Cl)c(Cl)c1. The summed E-state index contributed by atoms with van der Waals surface area (Å²) in [5.74, 6) is -1.13. The van der Waals surface area contributed by atoms with E-state index in [-0.39, 0.29) is 22.8 Å². The van der Waals surface area contributed by atoms with Gasteiger partial charge in [-0.1, -0.05) is 36.2 Å². The molecule has 1 saturated heterocycles. The number of carbonyl (C=O) groups excluding carboxylic acids is 1. The van der Waals surface area contributed by atoms with Gasteiger partial charge in [-0.2, -0.15) is 18.3 Å². The van der Waals surface area contributed by atoms with Crippen molar-refractivity contribution < 1.29 is 18.0 Å². The van der Waals surface area contributed by atoms with E-state index in [1.54, 1.807) is 25.1 Å². The van der Waals surface area contributed by atoms with Gasteiger partial charge in [0.15, 0.2) is 11.5 Å². The summed E-state index contributed by atoms with van der Waals surface area (Å²) in [4.78, 5) is 20.0. The molecule has 0 radical (unpaired) electrons. The fourth-order valence-electron chi connectivity index (χ4n) is 4.67. The Bertz CT molecular complexity index is 1080. The number of carbonyl (C=O) groups is 1. The molecule has 0 spiro atoms. The molecule has 2 aromatic rings. The molecular weight excluding hydrogens is 478 g/mol. The average molecular weight is 502 g/mol. The van der Waals surface area contributed by atoms with Gasteiger partial charge in [0, 0.05) is 24.4 Å². The highest BCUT2D eigenvalue weighted by atomic mass is 35.5. The summed E-state index contributed by atoms with van der Waals surface area (Å²) < 4.78 is 41.3. The van der Waals surface area contributed by atoms with E-state index in [0.29, 0.717) is 22.8 Å². The number of nitrogens with one attached hydrogen (secondary N) is 1. The molecule has 0 bridgehead atoms. The molecule has 2 unspecified atom stereocenters. The summed E-state index contributed by atoms with van der Waals surface area (Å²) >= 11 is 12.3. The fourth-order valence-corrected chi connectivity index (χ4v) is 4.97. The number of benzene rings is 1. The number of hydrogen-bond acceptors (Lipinski definition) is 4. The lowest BCUT2D eigenvalue weighted by atomic mass is 9.87. The third-order valence-electron chi connectivity index (χ3n) is 6.31. The van der Waals surface area contributed by atoms with Gasteiger partial charge in [0.25, 0.3) is 0 Å². The summed E-state index contributed by atoms with van der Waals surface area (Å²) in [6.07, 6.45) is -2.58. The van der Waals surface area contributed by atoms with E-state index in [0.717, 1.165) is 36.7 Å². The van der Waals surface area contributed by atoms with Gasteiger partial charge < -0.3 is 5.32 Å². The molecule has 1 aromatic carbocycles. The number of likely N-dealkylation sites (tertiary alicyclic amines) is 1. The van der Waals surface area contributed by atoms with E-state index in [1.165, 1.54) is 0 Å². The van der Waals surface area contributed by atoms with Crippen molar-refractivity contribution in [2.24, 2.45) is 10.9 Å². The van der Waals surface area contributed by atoms with Crippen LogP contribution in [0.5, 0.6) is 0 Å². The highest BCUT2D eigenvalue weighted by Gasteiger charge is 2.42. The Balaban J connectivity index is 1.70. The second-order valence-electron chi connectivity index (χ2n) is 8.35. The molecule has 4 rings (SSSR count). The molecule has 0 aliphatic carbocycles. The summed E-state index contributed by atoms with van der Waals surface area (Å²) in [6.45, 7) is 6.07. The molecule has 2 aliphatic rings. The number of amides is 1. The molecule has 11 heteroatoms. The molecule has 2 aliphatic heterocycles. The van der Waals surface area contributed by atoms with Gasteiger partial charge >= 0.3 is 6.18 Å². The topological polar surface area (TPSA) is 62.5 Å². The first kappa shape index (κ1) is 24.0. The van der Waals surface area contributed by atoms with E-state index in [2.05, 4.69) is 27.2 Å². The second-order valence-corrected chi connectivity index (χ2v) is 9.16. The zero-order valence-electron chi connectivity index (χ0n) is 18.2. The van der Waals surface area contributed by atoms with E-state index in [1.807, 2.05) is 0 Å². The minimum atomic E-state index is -4.64. The Morgan fingerprint density at radius 3 is 2.67 bits per heavy atom. The largest absolute Gasteiger partial charge is 0.435 e. The average Bonchev–Trinajstić information content (AvgIpc) is 3.39. The molecule has 3 atom stereocenters. The predicted octanol–water partition coefficient (Wildman–Crippen LogP) is 5.12. The quantitative estimate of drug-likeness (QED) is 0.618. The number of nitrogens with zero attached hydrogens (tertiary/aromatic N) is 4. The molecule has 0 saturated carbocycles. The molecule has 1 aromatic heterocycles. The van der Waals surface area contributed by atoms with Gasteiger partial charge in [0.1, 0.15) is 5.92 Å². The number of aromatic nitrogens is 2. The smallest absolute Gasteiger partial charge is 0.354 e. The van der Waals surface area contributed by atoms with Crippen molar-refractivity contribution >= 4 is 40.6 Å². The summed E-state index contributed by atoms with van der Waals surface area (Å²) in [7, 11) is 0. The van der Waals surface area contributed by atoms with Crippen LogP contribution >= 0.6 is 23.2 Å². The van der Waals surface area contributed by atoms with Crippen LogP contribution in [0.3, 0.4) is 0 Å². The number of alkyl halides is 3. The van der Waals surface area contributed by atoms with Gasteiger partial charge in [0.05, 0.1) is 16.1 Å². The second kappa shape index (κ2) is 9.27. The van der Waals surface area contributed by atoms with Crippen LogP contribution in [-0.4, -0.2) is 52.0 Å². The maximum Gasteiger partial charge on any atom is 0.435 e. The molecular formula is C22H24Cl2F3N5O. The minimum Gasteiger partial charge on any atom is -0.354 e. The Kier molecular flexibility index (Phi) is 6.75. The highest BCUT2D eigenvalue weighted by molar-refractivity contribution is 6.42. The summed E-state index contributed by atoms with van der Waals surface area (Å²) in [5, 5.41) is 7.33. The van der Waals surface area contributed by atoms with Crippen LogP contribution in [0.4, 0.5) is 19.0 Å². The number of halogens is 5. The molecule has 1 fully saturated rings. The zero-order valence-corrected chi connectivity index (χ0v) is 19.7. The van der Waals surface area contributed by atoms with Crippen LogP contribution in [0.2, 0.25) is 10.0 Å². The van der Waals surface area contributed by atoms with Crippen LogP contribution in [0.1, 0.15) is 44.0 Å². The fraction of sp³-hybridized carbons (Fsp3) is 0.500. The number of fused-ring (bicyclic) bond motifs is 1. The lowest BCUT2D eigenvalue weighted by Gasteiger charge is -2.32. The van der Waals surface area contributed by atoms with Crippen molar-refractivity contribution in [3.05, 3.63) is 45.6 Å². The van der Waals surface area contributed by atoms with E-state index < -0.39 is 23.8 Å². The number of aliphatic imine (C=N–C) groups is 1. The van der Waals surface area contributed by atoms with Crippen molar-refractivity contribution in [2.45, 2.75) is 44.9 Å². The first-order valence-corrected chi connectivity index (χ1v) is 11.5. The molecule has 33 heavy (non-hydrogen) atoms. The van der Waals surface area contributed by atoms with Gasteiger partial charge in [-0.05, 0) is 50.6 Å². The van der Waals surface area contributed by atoms with Crippen molar-refractivity contribution in [1.82, 2.24) is 20.0 Å². The van der Waals surface area contributed by atoms with Gasteiger partial charge in [-0.3, -0.25) is 9.69 Å². The normalized spacial score (nSPS) is 23.4. The lowest BCUT2D eigenvalue weighted by molar-refractivity contribution is -0.141. The van der Waals surface area contributed by atoms with Gasteiger partial charge in [0.2, 0.25) is 5.91 Å². The monoisotopic (exact) mass is 501 g/mol. The van der Waals surface area contributed by atoms with Crippen LogP contribution in [0, 0.1) is 5.92 Å². The zero-order chi connectivity index (χ0) is 23.9. The maximum absolute atomic E-state index is 13.4. The first-order valence-electron chi connectivity index (χ1n) is 10.8. The standard InChI is InChI=1S/C22H24Cl2F3N5O/c1-3-31-8-4-5-14(31)11-28-21(33)19-12(2)29-18-10-17(22(25,26)27)30-32(18)20(19)13-6-7-15(23)16(24)9-13/h6-7,9-10,14,19-20H,3-5,8,11H2,1-2H3,(H,28,33)/t14-,19?,20?/m0/s1. The molecule has 1 N–H and O–H groups in total. The van der Waals surface area contributed by atoms with E-state index in [9.17, 15) is 18.0 Å². The molecule has 1 amide bonds. The van der Waals surface area contributed by atoms with Gasteiger partial charge in [-0.25, -0.2) is 9.67 Å². The minimum absolute atomic E-state index is 0.0351. The highest BCUT2D eigenvalue weighted by Crippen LogP contribution is 2.41. The number of likely N-dealkylation sites (N-methyl/N-ethyl adjacent to an activating group) is 1. The molecule has 178 valence electrons. The maximum atomic E-state index is 13.4. The third kappa shape index (κ3) is 4.76. The molecule has 6 nitrogen and oxygen atoms in total. The summed E-state index contributed by atoms with van der Waals surface area (Å²) in [5.41, 5.74) is -0.138. The van der Waals surface area contributed by atoms with E-state index in [4.69, 9.17) is 23.2 Å². The number of rotatable bonds is 5.